The molecule has 3 heterocycles. The topological polar surface area (TPSA) is 127 Å². The Hall–Kier alpha value is -2.00. The standard InChI is InChI=1S/C13H13BrN2O3S.C9H6BrNO3S/c14-12-1-2-13(11-9-15-4-3-10(11)12)20(17,18)16-5-7-19-8-6-16;10-8-1-2-9(15(12,13)14)7-5-11-4-3-6(7)8/h1-4,9H,5-8H2;1-5H,(H,12,13,14). The van der Waals surface area contributed by atoms with Crippen molar-refractivity contribution < 1.29 is 26.1 Å². The van der Waals surface area contributed by atoms with E-state index in [1.54, 1.807) is 48.9 Å². The van der Waals surface area contributed by atoms with Crippen molar-refractivity contribution >= 4 is 73.5 Å². The molecule has 2 aromatic heterocycles. The summed E-state index contributed by atoms with van der Waals surface area (Å²) in [6.07, 6.45) is 6.20. The number of ether oxygens (including phenoxy) is 1. The van der Waals surface area contributed by atoms with Crippen LogP contribution in [-0.2, 0) is 24.9 Å². The molecule has 1 fully saturated rings. The van der Waals surface area contributed by atoms with Crippen molar-refractivity contribution in [2.45, 2.75) is 9.79 Å². The first-order chi connectivity index (χ1) is 16.6. The van der Waals surface area contributed by atoms with Crippen LogP contribution in [0.3, 0.4) is 0 Å². The van der Waals surface area contributed by atoms with Crippen molar-refractivity contribution in [2.75, 3.05) is 26.3 Å². The highest BCUT2D eigenvalue weighted by molar-refractivity contribution is 9.11. The minimum absolute atomic E-state index is 0.131. The molecule has 13 heteroatoms. The molecule has 5 rings (SSSR count). The zero-order valence-corrected chi connectivity index (χ0v) is 22.8. The van der Waals surface area contributed by atoms with Gasteiger partial charge in [-0.05, 0) is 36.4 Å². The van der Waals surface area contributed by atoms with E-state index in [-0.39, 0.29) is 4.90 Å². The summed E-state index contributed by atoms with van der Waals surface area (Å²) in [5, 5.41) is 2.57. The Morgan fingerprint density at radius 2 is 1.23 bits per heavy atom. The maximum absolute atomic E-state index is 12.7. The second-order valence-electron chi connectivity index (χ2n) is 7.43. The molecule has 0 atom stereocenters. The summed E-state index contributed by atoms with van der Waals surface area (Å²) in [6, 6.07) is 9.77. The average Bonchev–Trinajstić information content (AvgIpc) is 2.85. The van der Waals surface area contributed by atoms with Gasteiger partial charge in [0.2, 0.25) is 10.0 Å². The number of nitrogens with zero attached hydrogens (tertiary/aromatic N) is 3. The van der Waals surface area contributed by atoms with Crippen molar-refractivity contribution in [1.82, 2.24) is 14.3 Å². The summed E-state index contributed by atoms with van der Waals surface area (Å²) in [5.74, 6) is 0. The van der Waals surface area contributed by atoms with E-state index in [0.717, 1.165) is 14.3 Å². The number of benzene rings is 2. The lowest BCUT2D eigenvalue weighted by molar-refractivity contribution is 0.0730. The predicted molar refractivity (Wildman–Crippen MR) is 138 cm³/mol. The number of pyridine rings is 2. The molecule has 0 saturated carbocycles. The maximum atomic E-state index is 12.7. The number of morpholine rings is 1. The van der Waals surface area contributed by atoms with Crippen LogP contribution in [-0.4, -0.2) is 62.0 Å². The summed E-state index contributed by atoms with van der Waals surface area (Å²) in [4.78, 5) is 8.04. The molecule has 0 radical (unpaired) electrons. The van der Waals surface area contributed by atoms with Crippen LogP contribution >= 0.6 is 31.9 Å². The summed E-state index contributed by atoms with van der Waals surface area (Å²) < 4.78 is 64.9. The highest BCUT2D eigenvalue weighted by Crippen LogP contribution is 2.31. The van der Waals surface area contributed by atoms with E-state index in [1.807, 2.05) is 0 Å². The van der Waals surface area contributed by atoms with Crippen molar-refractivity contribution in [3.05, 3.63) is 70.1 Å². The molecule has 9 nitrogen and oxygen atoms in total. The Balaban J connectivity index is 0.000000172. The van der Waals surface area contributed by atoms with E-state index >= 15 is 0 Å². The molecule has 1 saturated heterocycles. The Morgan fingerprint density at radius 1 is 0.743 bits per heavy atom. The van der Waals surface area contributed by atoms with Gasteiger partial charge >= 0.3 is 0 Å². The van der Waals surface area contributed by atoms with Crippen molar-refractivity contribution in [3.63, 3.8) is 0 Å². The Labute approximate surface area is 219 Å². The van der Waals surface area contributed by atoms with Crippen LogP contribution in [0.1, 0.15) is 0 Å². The lowest BCUT2D eigenvalue weighted by atomic mass is 10.2. The van der Waals surface area contributed by atoms with Crippen molar-refractivity contribution in [2.24, 2.45) is 0 Å². The van der Waals surface area contributed by atoms with E-state index in [2.05, 4.69) is 41.8 Å². The molecule has 4 aromatic rings. The molecule has 184 valence electrons. The minimum Gasteiger partial charge on any atom is -0.379 e. The van der Waals surface area contributed by atoms with Crippen LogP contribution in [0, 0.1) is 0 Å². The first kappa shape index (κ1) is 26.1. The SMILES string of the molecule is O=S(=O)(O)c1ccc(Br)c2ccncc12.O=S(=O)(c1ccc(Br)c2ccncc12)N1CCOCC1. The van der Waals surface area contributed by atoms with Crippen LogP contribution in [0.15, 0.2) is 79.9 Å². The molecule has 0 aliphatic carbocycles. The fourth-order valence-corrected chi connectivity index (χ4v) is 6.86. The first-order valence-electron chi connectivity index (χ1n) is 10.2. The fourth-order valence-electron chi connectivity index (χ4n) is 3.63. The van der Waals surface area contributed by atoms with E-state index < -0.39 is 20.1 Å². The van der Waals surface area contributed by atoms with Gasteiger partial charge in [-0.2, -0.15) is 12.7 Å². The lowest BCUT2D eigenvalue weighted by Gasteiger charge is -2.26. The van der Waals surface area contributed by atoms with Gasteiger partial charge in [0.1, 0.15) is 4.90 Å². The number of hydrogen-bond acceptors (Lipinski definition) is 7. The quantitative estimate of drug-likeness (QED) is 0.328. The molecule has 1 aliphatic rings. The number of aromatic nitrogens is 2. The molecular formula is C22H19Br2N3O6S2. The smallest absolute Gasteiger partial charge is 0.295 e. The highest BCUT2D eigenvalue weighted by atomic mass is 79.9. The number of sulfonamides is 1. The molecule has 2 aromatic carbocycles. The van der Waals surface area contributed by atoms with Gasteiger partial charge in [0.05, 0.1) is 18.1 Å². The molecular weight excluding hydrogens is 626 g/mol. The third kappa shape index (κ3) is 5.56. The Morgan fingerprint density at radius 3 is 1.74 bits per heavy atom. The summed E-state index contributed by atoms with van der Waals surface area (Å²) in [7, 11) is -7.72. The molecule has 35 heavy (non-hydrogen) atoms. The molecule has 0 spiro atoms. The van der Waals surface area contributed by atoms with Gasteiger partial charge in [-0.25, -0.2) is 8.42 Å². The van der Waals surface area contributed by atoms with E-state index in [1.165, 1.54) is 16.6 Å². The molecule has 1 N–H and O–H groups in total. The number of halogens is 2. The molecule has 0 amide bonds. The zero-order chi connectivity index (χ0) is 25.2. The third-order valence-corrected chi connectivity index (χ3v) is 9.57. The van der Waals surface area contributed by atoms with Gasteiger partial charge in [0.15, 0.2) is 0 Å². The lowest BCUT2D eigenvalue weighted by Crippen LogP contribution is -2.40. The number of fused-ring (bicyclic) bond motifs is 2. The van der Waals surface area contributed by atoms with E-state index in [4.69, 9.17) is 9.29 Å². The monoisotopic (exact) mass is 643 g/mol. The van der Waals surface area contributed by atoms with Crippen LogP contribution in [0.2, 0.25) is 0 Å². The number of rotatable bonds is 3. The summed E-state index contributed by atoms with van der Waals surface area (Å²) >= 11 is 6.73. The highest BCUT2D eigenvalue weighted by Gasteiger charge is 2.28. The largest absolute Gasteiger partial charge is 0.379 e. The van der Waals surface area contributed by atoms with Gasteiger partial charge < -0.3 is 4.74 Å². The Bertz CT molecular complexity index is 1610. The first-order valence-corrected chi connectivity index (χ1v) is 14.7. The number of hydrogen-bond donors (Lipinski definition) is 1. The third-order valence-electron chi connectivity index (χ3n) is 5.32. The molecule has 0 bridgehead atoms. The minimum atomic E-state index is -4.21. The van der Waals surface area contributed by atoms with E-state index in [0.29, 0.717) is 47.4 Å². The van der Waals surface area contributed by atoms with Crippen LogP contribution in [0.25, 0.3) is 21.5 Å². The fraction of sp³-hybridized carbons (Fsp3) is 0.182. The van der Waals surface area contributed by atoms with Gasteiger partial charge in [0.25, 0.3) is 10.1 Å². The second kappa shape index (κ2) is 10.5. The van der Waals surface area contributed by atoms with Gasteiger partial charge in [-0.1, -0.05) is 31.9 Å². The second-order valence-corrected chi connectivity index (χ2v) is 12.4. The zero-order valence-electron chi connectivity index (χ0n) is 18.0. The summed E-state index contributed by atoms with van der Waals surface area (Å²) in [6.45, 7) is 1.65. The van der Waals surface area contributed by atoms with Gasteiger partial charge in [0, 0.05) is 68.4 Å². The molecule has 1 aliphatic heterocycles. The average molecular weight is 645 g/mol. The van der Waals surface area contributed by atoms with Crippen molar-refractivity contribution in [1.29, 1.82) is 0 Å². The normalized spacial score (nSPS) is 15.1. The van der Waals surface area contributed by atoms with Gasteiger partial charge in [-0.15, -0.1) is 0 Å². The maximum Gasteiger partial charge on any atom is 0.295 e. The van der Waals surface area contributed by atoms with Gasteiger partial charge in [-0.3, -0.25) is 14.5 Å². The van der Waals surface area contributed by atoms with Crippen molar-refractivity contribution in [3.8, 4) is 0 Å². The summed E-state index contributed by atoms with van der Waals surface area (Å²) in [5.41, 5.74) is 0. The van der Waals surface area contributed by atoms with E-state index in [9.17, 15) is 16.8 Å². The van der Waals surface area contributed by atoms with Crippen LogP contribution in [0.4, 0.5) is 0 Å². The predicted octanol–water partition coefficient (Wildman–Crippen LogP) is 4.26. The van der Waals surface area contributed by atoms with Crippen LogP contribution in [0.5, 0.6) is 0 Å². The van der Waals surface area contributed by atoms with Crippen LogP contribution < -0.4 is 0 Å². The molecule has 0 unspecified atom stereocenters. The Kier molecular flexibility index (Phi) is 7.86.